The summed E-state index contributed by atoms with van der Waals surface area (Å²) in [4.78, 5) is 0. The molecule has 0 saturated carbocycles. The van der Waals surface area contributed by atoms with Gasteiger partial charge in [0.1, 0.15) is 0 Å². The summed E-state index contributed by atoms with van der Waals surface area (Å²) in [5, 5.41) is 3.75. The minimum absolute atomic E-state index is 0.351. The van der Waals surface area contributed by atoms with Gasteiger partial charge < -0.3 is 5.32 Å². The van der Waals surface area contributed by atoms with Crippen LogP contribution in [0, 0.1) is 0 Å². The van der Waals surface area contributed by atoms with Crippen LogP contribution in [0.5, 0.6) is 0 Å². The average Bonchev–Trinajstić information content (AvgIpc) is 2.52. The van der Waals surface area contributed by atoms with Gasteiger partial charge in [0.15, 0.2) is 13.3 Å². The zero-order valence-corrected chi connectivity index (χ0v) is 14.8. The van der Waals surface area contributed by atoms with Gasteiger partial charge in [0.2, 0.25) is 0 Å². The number of nitrogens with zero attached hydrogens (tertiary/aromatic N) is 1. The topological polar surface area (TPSA) is 27.1 Å². The van der Waals surface area contributed by atoms with E-state index in [0.717, 1.165) is 36.3 Å². The predicted octanol–water partition coefficient (Wildman–Crippen LogP) is 4.13. The third kappa shape index (κ3) is 5.60. The Morgan fingerprint density at radius 2 is 2.18 bits per heavy atom. The molecular formula is C18H28N3S+. The van der Waals surface area contributed by atoms with Gasteiger partial charge in [0.05, 0.1) is 11.1 Å². The SMILES string of the molecule is C=CCC[N+](=C)Nc1ccc(C(=C)NC(C)SC)cc1CC. The molecule has 1 aromatic carbocycles. The molecule has 2 N–H and O–H groups in total. The van der Waals surface area contributed by atoms with Crippen molar-refractivity contribution in [2.45, 2.75) is 32.1 Å². The van der Waals surface area contributed by atoms with Crippen molar-refractivity contribution in [1.82, 2.24) is 5.32 Å². The summed E-state index contributed by atoms with van der Waals surface area (Å²) in [6.45, 7) is 17.0. The Kier molecular flexibility index (Phi) is 7.82. The van der Waals surface area contributed by atoms with Crippen molar-refractivity contribution in [2.75, 3.05) is 18.2 Å². The number of hydrazone groups is 1. The summed E-state index contributed by atoms with van der Waals surface area (Å²) in [5.41, 5.74) is 7.77. The van der Waals surface area contributed by atoms with Crippen molar-refractivity contribution in [3.63, 3.8) is 0 Å². The van der Waals surface area contributed by atoms with Gasteiger partial charge in [0.25, 0.3) is 0 Å². The van der Waals surface area contributed by atoms with E-state index in [2.05, 4.69) is 68.9 Å². The molecule has 3 nitrogen and oxygen atoms in total. The first-order chi connectivity index (χ1) is 10.5. The lowest BCUT2D eigenvalue weighted by Crippen LogP contribution is -2.21. The smallest absolute Gasteiger partial charge is 0.174 e. The van der Waals surface area contributed by atoms with Gasteiger partial charge in [-0.25, -0.2) is 0 Å². The van der Waals surface area contributed by atoms with E-state index < -0.39 is 0 Å². The van der Waals surface area contributed by atoms with Crippen LogP contribution in [0.15, 0.2) is 37.4 Å². The highest BCUT2D eigenvalue weighted by molar-refractivity contribution is 7.99. The molecule has 0 amide bonds. The first-order valence-electron chi connectivity index (χ1n) is 7.58. The molecule has 120 valence electrons. The Morgan fingerprint density at radius 1 is 1.45 bits per heavy atom. The summed E-state index contributed by atoms with van der Waals surface area (Å²) in [7, 11) is 0. The second-order valence-electron chi connectivity index (χ2n) is 5.18. The molecule has 0 spiro atoms. The van der Waals surface area contributed by atoms with Gasteiger partial charge in [-0.2, -0.15) is 5.43 Å². The number of hydrogen-bond donors (Lipinski definition) is 2. The van der Waals surface area contributed by atoms with E-state index in [-0.39, 0.29) is 0 Å². The summed E-state index contributed by atoms with van der Waals surface area (Å²) in [6, 6.07) is 6.37. The van der Waals surface area contributed by atoms with Crippen LogP contribution in [0.3, 0.4) is 0 Å². The van der Waals surface area contributed by atoms with Gasteiger partial charge in [0, 0.05) is 12.1 Å². The number of anilines is 1. The number of aryl methyl sites for hydroxylation is 1. The maximum Gasteiger partial charge on any atom is 0.174 e. The van der Waals surface area contributed by atoms with Crippen LogP contribution in [-0.2, 0) is 6.42 Å². The molecule has 1 rings (SSSR count). The fraction of sp³-hybridized carbons (Fsp3) is 0.389. The highest BCUT2D eigenvalue weighted by Gasteiger charge is 2.09. The molecule has 0 saturated heterocycles. The second kappa shape index (κ2) is 9.36. The standard InChI is InChI=1S/C18H28N3S/c1-7-9-12-21(5)20-18-11-10-17(13-16(18)8-2)14(3)19-15(4)22-6/h7,10-11,13,15,19-20H,1,3,5,8-9,12H2,2,4,6H3/q+1. The third-order valence-corrected chi connectivity index (χ3v) is 4.27. The molecule has 1 unspecified atom stereocenters. The minimum atomic E-state index is 0.351. The number of hydrogen-bond acceptors (Lipinski definition) is 3. The van der Waals surface area contributed by atoms with Crippen molar-refractivity contribution in [2.24, 2.45) is 0 Å². The monoisotopic (exact) mass is 318 g/mol. The van der Waals surface area contributed by atoms with Crippen molar-refractivity contribution in [1.29, 1.82) is 0 Å². The molecule has 0 radical (unpaired) electrons. The van der Waals surface area contributed by atoms with Crippen LogP contribution in [0.4, 0.5) is 5.69 Å². The highest BCUT2D eigenvalue weighted by Crippen LogP contribution is 2.22. The van der Waals surface area contributed by atoms with Gasteiger partial charge in [-0.05, 0) is 42.9 Å². The molecule has 1 atom stereocenters. The van der Waals surface area contributed by atoms with E-state index in [0.29, 0.717) is 5.37 Å². The van der Waals surface area contributed by atoms with Crippen molar-refractivity contribution >= 4 is 29.9 Å². The number of rotatable bonds is 10. The van der Waals surface area contributed by atoms with Crippen molar-refractivity contribution in [3.8, 4) is 0 Å². The second-order valence-corrected chi connectivity index (χ2v) is 6.36. The molecule has 22 heavy (non-hydrogen) atoms. The van der Waals surface area contributed by atoms with Crippen LogP contribution in [0.25, 0.3) is 5.70 Å². The molecule has 0 heterocycles. The lowest BCUT2D eigenvalue weighted by molar-refractivity contribution is -0.486. The Balaban J connectivity index is 2.84. The van der Waals surface area contributed by atoms with Crippen molar-refractivity contribution < 1.29 is 4.68 Å². The summed E-state index contributed by atoms with van der Waals surface area (Å²) in [6.07, 6.45) is 5.84. The van der Waals surface area contributed by atoms with Gasteiger partial charge in [-0.15, -0.1) is 23.0 Å². The van der Waals surface area contributed by atoms with Crippen molar-refractivity contribution in [3.05, 3.63) is 48.6 Å². The number of thioether (sulfide) groups is 1. The van der Waals surface area contributed by atoms with E-state index in [4.69, 9.17) is 0 Å². The Hall–Kier alpha value is -1.68. The maximum absolute atomic E-state index is 4.14. The van der Waals surface area contributed by atoms with Crippen LogP contribution < -0.4 is 10.7 Å². The highest BCUT2D eigenvalue weighted by atomic mass is 32.2. The van der Waals surface area contributed by atoms with Crippen LogP contribution in [0.1, 0.15) is 31.4 Å². The molecule has 1 aromatic rings. The lowest BCUT2D eigenvalue weighted by Gasteiger charge is -2.17. The number of hydrazine groups is 1. The molecular weight excluding hydrogens is 290 g/mol. The molecule has 4 heteroatoms. The fourth-order valence-corrected chi connectivity index (χ4v) is 2.30. The molecule has 0 aliphatic rings. The fourth-order valence-electron chi connectivity index (χ4n) is 2.04. The Morgan fingerprint density at radius 3 is 2.77 bits per heavy atom. The predicted molar refractivity (Wildman–Crippen MR) is 102 cm³/mol. The number of nitrogens with one attached hydrogen (secondary N) is 2. The van der Waals surface area contributed by atoms with E-state index in [1.807, 2.05) is 10.8 Å². The van der Waals surface area contributed by atoms with Gasteiger partial charge >= 0.3 is 0 Å². The average molecular weight is 319 g/mol. The summed E-state index contributed by atoms with van der Waals surface area (Å²) in [5.74, 6) is 0. The molecule has 0 bridgehead atoms. The van der Waals surface area contributed by atoms with E-state index in [1.165, 1.54) is 5.56 Å². The van der Waals surface area contributed by atoms with E-state index in [9.17, 15) is 0 Å². The quantitative estimate of drug-likeness (QED) is 0.223. The zero-order chi connectivity index (χ0) is 16.5. The molecule has 0 aromatic heterocycles. The minimum Gasteiger partial charge on any atom is -0.374 e. The molecule has 0 aliphatic carbocycles. The van der Waals surface area contributed by atoms with Crippen LogP contribution in [-0.4, -0.2) is 29.6 Å². The summed E-state index contributed by atoms with van der Waals surface area (Å²) >= 11 is 1.77. The Bertz CT molecular complexity index is 537. The zero-order valence-electron chi connectivity index (χ0n) is 14.0. The van der Waals surface area contributed by atoms with Crippen LogP contribution in [0.2, 0.25) is 0 Å². The van der Waals surface area contributed by atoms with E-state index in [1.54, 1.807) is 11.8 Å². The van der Waals surface area contributed by atoms with E-state index >= 15 is 0 Å². The first-order valence-corrected chi connectivity index (χ1v) is 8.87. The third-order valence-electron chi connectivity index (χ3n) is 3.45. The van der Waals surface area contributed by atoms with Crippen LogP contribution >= 0.6 is 11.8 Å². The molecule has 0 aliphatic heterocycles. The molecule has 0 fully saturated rings. The Labute approximate surface area is 139 Å². The lowest BCUT2D eigenvalue weighted by atomic mass is 10.0. The van der Waals surface area contributed by atoms with Gasteiger partial charge in [-0.3, -0.25) is 0 Å². The largest absolute Gasteiger partial charge is 0.374 e. The first kappa shape index (κ1) is 18.4. The summed E-state index contributed by atoms with van der Waals surface area (Å²) < 4.78 is 1.85. The van der Waals surface area contributed by atoms with Gasteiger partial charge in [-0.1, -0.05) is 25.6 Å². The number of benzene rings is 1. The normalized spacial score (nSPS) is 11.6. The maximum atomic E-state index is 4.14.